The first-order valence-electron chi connectivity index (χ1n) is 6.01. The van der Waals surface area contributed by atoms with E-state index in [2.05, 4.69) is 10.6 Å². The average Bonchev–Trinajstić information content (AvgIpc) is 2.40. The third kappa shape index (κ3) is 3.28. The van der Waals surface area contributed by atoms with Crippen molar-refractivity contribution in [1.29, 1.82) is 0 Å². The molecule has 0 saturated carbocycles. The highest BCUT2D eigenvalue weighted by Gasteiger charge is 2.21. The predicted octanol–water partition coefficient (Wildman–Crippen LogP) is 0.588. The van der Waals surface area contributed by atoms with Gasteiger partial charge in [0.15, 0.2) is 6.10 Å². The standard InChI is InChI=1S/C13H18N2O2/c16-12(10-4-2-1-3-5-10)13(17)15-11-6-8-14-9-7-11/h1-5,11-12,14,16H,6-9H2,(H,15,17). The number of carbonyl (C=O) groups excluding carboxylic acids is 1. The van der Waals surface area contributed by atoms with Crippen LogP contribution in [-0.4, -0.2) is 30.1 Å². The molecule has 0 radical (unpaired) electrons. The van der Waals surface area contributed by atoms with Crippen LogP contribution < -0.4 is 10.6 Å². The number of amides is 1. The van der Waals surface area contributed by atoms with Crippen molar-refractivity contribution in [3.8, 4) is 0 Å². The molecular weight excluding hydrogens is 216 g/mol. The van der Waals surface area contributed by atoms with Gasteiger partial charge in [0.25, 0.3) is 5.91 Å². The van der Waals surface area contributed by atoms with Crippen LogP contribution in [0, 0.1) is 0 Å². The van der Waals surface area contributed by atoms with Gasteiger partial charge in [-0.05, 0) is 31.5 Å². The molecule has 3 N–H and O–H groups in total. The molecule has 92 valence electrons. The molecule has 4 nitrogen and oxygen atoms in total. The second-order valence-corrected chi connectivity index (χ2v) is 4.35. The van der Waals surface area contributed by atoms with Crippen molar-refractivity contribution >= 4 is 5.91 Å². The van der Waals surface area contributed by atoms with Gasteiger partial charge in [0.1, 0.15) is 0 Å². The van der Waals surface area contributed by atoms with E-state index in [1.807, 2.05) is 18.2 Å². The number of hydrogen-bond acceptors (Lipinski definition) is 3. The van der Waals surface area contributed by atoms with Crippen LogP contribution in [0.15, 0.2) is 30.3 Å². The van der Waals surface area contributed by atoms with Crippen molar-refractivity contribution < 1.29 is 9.90 Å². The number of aliphatic hydroxyl groups excluding tert-OH is 1. The minimum Gasteiger partial charge on any atom is -0.378 e. The van der Waals surface area contributed by atoms with Gasteiger partial charge in [0, 0.05) is 6.04 Å². The lowest BCUT2D eigenvalue weighted by Gasteiger charge is -2.24. The Kier molecular flexibility index (Phi) is 4.12. The van der Waals surface area contributed by atoms with Crippen LogP contribution >= 0.6 is 0 Å². The molecule has 4 heteroatoms. The molecule has 1 amide bonds. The van der Waals surface area contributed by atoms with Crippen molar-refractivity contribution in [3.05, 3.63) is 35.9 Å². The van der Waals surface area contributed by atoms with Crippen LogP contribution in [0.5, 0.6) is 0 Å². The topological polar surface area (TPSA) is 61.4 Å². The monoisotopic (exact) mass is 234 g/mol. The van der Waals surface area contributed by atoms with Crippen molar-refractivity contribution in [3.63, 3.8) is 0 Å². The van der Waals surface area contributed by atoms with Gasteiger partial charge in [0.05, 0.1) is 0 Å². The maximum absolute atomic E-state index is 11.8. The lowest BCUT2D eigenvalue weighted by atomic mass is 10.0. The minimum atomic E-state index is -1.06. The summed E-state index contributed by atoms with van der Waals surface area (Å²) in [7, 11) is 0. The Morgan fingerprint density at radius 1 is 1.29 bits per heavy atom. The zero-order chi connectivity index (χ0) is 12.1. The van der Waals surface area contributed by atoms with Gasteiger partial charge in [-0.3, -0.25) is 4.79 Å². The molecule has 2 rings (SSSR count). The quantitative estimate of drug-likeness (QED) is 0.717. The van der Waals surface area contributed by atoms with Gasteiger partial charge >= 0.3 is 0 Å². The molecule has 1 atom stereocenters. The Hall–Kier alpha value is -1.39. The van der Waals surface area contributed by atoms with E-state index in [0.29, 0.717) is 5.56 Å². The summed E-state index contributed by atoms with van der Waals surface area (Å²) in [6, 6.07) is 9.19. The van der Waals surface area contributed by atoms with Gasteiger partial charge in [-0.2, -0.15) is 0 Å². The molecule has 1 heterocycles. The van der Waals surface area contributed by atoms with Crippen LogP contribution in [-0.2, 0) is 4.79 Å². The number of benzene rings is 1. The largest absolute Gasteiger partial charge is 0.378 e. The fourth-order valence-electron chi connectivity index (χ4n) is 2.03. The number of carbonyl (C=O) groups is 1. The maximum Gasteiger partial charge on any atom is 0.253 e. The number of nitrogens with one attached hydrogen (secondary N) is 2. The molecule has 0 bridgehead atoms. The van der Waals surface area contributed by atoms with E-state index in [4.69, 9.17) is 0 Å². The molecule has 0 aliphatic carbocycles. The molecule has 17 heavy (non-hydrogen) atoms. The molecule has 0 spiro atoms. The highest BCUT2D eigenvalue weighted by atomic mass is 16.3. The normalized spacial score (nSPS) is 18.6. The first-order chi connectivity index (χ1) is 8.27. The van der Waals surface area contributed by atoms with Crippen LogP contribution in [0.2, 0.25) is 0 Å². The first kappa shape index (κ1) is 12.1. The Morgan fingerprint density at radius 2 is 1.94 bits per heavy atom. The van der Waals surface area contributed by atoms with Crippen LogP contribution in [0.3, 0.4) is 0 Å². The van der Waals surface area contributed by atoms with E-state index in [9.17, 15) is 9.90 Å². The molecule has 1 aliphatic heterocycles. The summed E-state index contributed by atoms with van der Waals surface area (Å²) in [6.07, 6.45) is 0.784. The van der Waals surface area contributed by atoms with E-state index in [-0.39, 0.29) is 11.9 Å². The number of hydrogen-bond donors (Lipinski definition) is 3. The van der Waals surface area contributed by atoms with Crippen LogP contribution in [0.25, 0.3) is 0 Å². The van der Waals surface area contributed by atoms with Gasteiger partial charge in [-0.25, -0.2) is 0 Å². The van der Waals surface area contributed by atoms with Crippen LogP contribution in [0.1, 0.15) is 24.5 Å². The summed E-state index contributed by atoms with van der Waals surface area (Å²) in [5, 5.41) is 16.0. The minimum absolute atomic E-state index is 0.183. The molecule has 1 saturated heterocycles. The number of aliphatic hydroxyl groups is 1. The Bertz CT molecular complexity index is 361. The molecule has 1 aliphatic rings. The second kappa shape index (κ2) is 5.80. The molecular formula is C13H18N2O2. The summed E-state index contributed by atoms with van der Waals surface area (Å²) in [5.74, 6) is -0.303. The van der Waals surface area contributed by atoms with E-state index < -0.39 is 6.10 Å². The lowest BCUT2D eigenvalue weighted by molar-refractivity contribution is -0.130. The third-order valence-electron chi connectivity index (χ3n) is 3.05. The fourth-order valence-corrected chi connectivity index (χ4v) is 2.03. The summed E-state index contributed by atoms with van der Waals surface area (Å²) < 4.78 is 0. The zero-order valence-corrected chi connectivity index (χ0v) is 9.73. The zero-order valence-electron chi connectivity index (χ0n) is 9.73. The summed E-state index contributed by atoms with van der Waals surface area (Å²) in [5.41, 5.74) is 0.638. The van der Waals surface area contributed by atoms with Gasteiger partial charge in [-0.1, -0.05) is 30.3 Å². The summed E-state index contributed by atoms with van der Waals surface area (Å²) in [4.78, 5) is 11.8. The SMILES string of the molecule is O=C(NC1CCNCC1)C(O)c1ccccc1. The maximum atomic E-state index is 11.8. The Morgan fingerprint density at radius 3 is 2.59 bits per heavy atom. The molecule has 1 aromatic rings. The highest BCUT2D eigenvalue weighted by molar-refractivity contribution is 5.82. The average molecular weight is 234 g/mol. The smallest absolute Gasteiger partial charge is 0.253 e. The van der Waals surface area contributed by atoms with Crippen LogP contribution in [0.4, 0.5) is 0 Å². The fraction of sp³-hybridized carbons (Fsp3) is 0.462. The first-order valence-corrected chi connectivity index (χ1v) is 6.01. The molecule has 1 aromatic carbocycles. The van der Waals surface area contributed by atoms with Crippen molar-refractivity contribution in [1.82, 2.24) is 10.6 Å². The van der Waals surface area contributed by atoms with E-state index in [1.54, 1.807) is 12.1 Å². The number of rotatable bonds is 3. The van der Waals surface area contributed by atoms with E-state index in [1.165, 1.54) is 0 Å². The Labute approximate surface area is 101 Å². The Balaban J connectivity index is 1.91. The van der Waals surface area contributed by atoms with E-state index >= 15 is 0 Å². The predicted molar refractivity (Wildman–Crippen MR) is 65.4 cm³/mol. The third-order valence-corrected chi connectivity index (χ3v) is 3.05. The molecule has 1 fully saturated rings. The molecule has 0 aromatic heterocycles. The van der Waals surface area contributed by atoms with Crippen molar-refractivity contribution in [2.24, 2.45) is 0 Å². The van der Waals surface area contributed by atoms with Crippen molar-refractivity contribution in [2.75, 3.05) is 13.1 Å². The van der Waals surface area contributed by atoms with Crippen molar-refractivity contribution in [2.45, 2.75) is 25.0 Å². The molecule has 1 unspecified atom stereocenters. The lowest BCUT2D eigenvalue weighted by Crippen LogP contribution is -2.44. The van der Waals surface area contributed by atoms with Gasteiger partial charge < -0.3 is 15.7 Å². The second-order valence-electron chi connectivity index (χ2n) is 4.35. The van der Waals surface area contributed by atoms with E-state index in [0.717, 1.165) is 25.9 Å². The van der Waals surface area contributed by atoms with Gasteiger partial charge in [-0.15, -0.1) is 0 Å². The summed E-state index contributed by atoms with van der Waals surface area (Å²) in [6.45, 7) is 1.85. The summed E-state index contributed by atoms with van der Waals surface area (Å²) >= 11 is 0. The highest BCUT2D eigenvalue weighted by Crippen LogP contribution is 2.13. The van der Waals surface area contributed by atoms with Gasteiger partial charge in [0.2, 0.25) is 0 Å². The number of piperidine rings is 1.